The van der Waals surface area contributed by atoms with Gasteiger partial charge in [0.15, 0.2) is 0 Å². The topological polar surface area (TPSA) is 95.6 Å². The summed E-state index contributed by atoms with van der Waals surface area (Å²) in [6.45, 7) is 7.23. The van der Waals surface area contributed by atoms with Crippen LogP contribution in [-0.2, 0) is 10.0 Å². The number of nitrogens with zero attached hydrogens (tertiary/aromatic N) is 1. The predicted molar refractivity (Wildman–Crippen MR) is 119 cm³/mol. The van der Waals surface area contributed by atoms with E-state index in [-0.39, 0.29) is 46.9 Å². The fourth-order valence-electron chi connectivity index (χ4n) is 2.85. The Morgan fingerprint density at radius 3 is 2.19 bits per heavy atom. The molecule has 2 N–H and O–H groups in total. The minimum absolute atomic E-state index is 0.0692. The number of carbonyl (C=O) groups is 2. The molecule has 0 aliphatic heterocycles. The van der Waals surface area contributed by atoms with Crippen molar-refractivity contribution in [3.63, 3.8) is 0 Å². The minimum Gasteiger partial charge on any atom is -0.350 e. The number of carbonyl (C=O) groups excluding carboxylic acids is 2. The molecule has 0 saturated carbocycles. The molecule has 10 heteroatoms. The average Bonchev–Trinajstić information content (AvgIpc) is 2.69. The lowest BCUT2D eigenvalue weighted by Gasteiger charge is -2.19. The summed E-state index contributed by atoms with van der Waals surface area (Å²) in [7, 11) is -4.10. The zero-order valence-electron chi connectivity index (χ0n) is 17.7. The normalized spacial score (nSPS) is 11.6. The molecule has 0 atom stereocenters. The SMILES string of the molecule is CCN(CC)S(=O)(=O)c1cc(C(=O)Nc2cc(C(=O)NC(C)C)ccc2Cl)ccc1F. The van der Waals surface area contributed by atoms with Crippen LogP contribution in [0.5, 0.6) is 0 Å². The quantitative estimate of drug-likeness (QED) is 0.612. The molecule has 0 aromatic heterocycles. The molecule has 0 heterocycles. The minimum atomic E-state index is -4.10. The van der Waals surface area contributed by atoms with Gasteiger partial charge in [0.2, 0.25) is 10.0 Å². The largest absolute Gasteiger partial charge is 0.350 e. The van der Waals surface area contributed by atoms with Gasteiger partial charge in [-0.15, -0.1) is 0 Å². The maximum absolute atomic E-state index is 14.3. The molecule has 0 bridgehead atoms. The lowest BCUT2D eigenvalue weighted by atomic mass is 10.1. The Morgan fingerprint density at radius 2 is 1.61 bits per heavy atom. The molecule has 0 aliphatic rings. The number of rotatable bonds is 8. The lowest BCUT2D eigenvalue weighted by Crippen LogP contribution is -2.31. The van der Waals surface area contributed by atoms with Gasteiger partial charge in [-0.05, 0) is 50.2 Å². The summed E-state index contributed by atoms with van der Waals surface area (Å²) in [5.74, 6) is -1.98. The van der Waals surface area contributed by atoms with Gasteiger partial charge in [-0.3, -0.25) is 9.59 Å². The number of sulfonamides is 1. The molecular weight excluding hydrogens is 445 g/mol. The highest BCUT2D eigenvalue weighted by Gasteiger charge is 2.26. The number of benzene rings is 2. The summed E-state index contributed by atoms with van der Waals surface area (Å²) >= 11 is 6.14. The number of halogens is 2. The van der Waals surface area contributed by atoms with E-state index >= 15 is 0 Å². The van der Waals surface area contributed by atoms with Crippen molar-refractivity contribution in [2.45, 2.75) is 38.6 Å². The van der Waals surface area contributed by atoms with Crippen LogP contribution in [0, 0.1) is 5.82 Å². The zero-order valence-corrected chi connectivity index (χ0v) is 19.3. The molecule has 0 radical (unpaired) electrons. The molecule has 2 amide bonds. The molecule has 0 saturated heterocycles. The maximum Gasteiger partial charge on any atom is 0.255 e. The van der Waals surface area contributed by atoms with Crippen LogP contribution in [0.25, 0.3) is 0 Å². The second kappa shape index (κ2) is 10.2. The maximum atomic E-state index is 14.3. The van der Waals surface area contributed by atoms with Crippen LogP contribution in [0.1, 0.15) is 48.4 Å². The van der Waals surface area contributed by atoms with Crippen LogP contribution >= 0.6 is 11.6 Å². The summed E-state index contributed by atoms with van der Waals surface area (Å²) in [6, 6.07) is 7.41. The summed E-state index contributed by atoms with van der Waals surface area (Å²) < 4.78 is 40.8. The molecule has 0 fully saturated rings. The Labute approximate surface area is 186 Å². The monoisotopic (exact) mass is 469 g/mol. The fraction of sp³-hybridized carbons (Fsp3) is 0.333. The van der Waals surface area contributed by atoms with E-state index in [0.717, 1.165) is 16.4 Å². The van der Waals surface area contributed by atoms with Gasteiger partial charge in [0.25, 0.3) is 11.8 Å². The van der Waals surface area contributed by atoms with Crippen LogP contribution in [-0.4, -0.2) is 43.7 Å². The van der Waals surface area contributed by atoms with Crippen molar-refractivity contribution in [2.75, 3.05) is 18.4 Å². The average molecular weight is 470 g/mol. The molecule has 0 unspecified atom stereocenters. The molecule has 2 rings (SSSR count). The summed E-state index contributed by atoms with van der Waals surface area (Å²) in [6.07, 6.45) is 0. The van der Waals surface area contributed by atoms with E-state index in [1.807, 2.05) is 13.8 Å². The Bertz CT molecular complexity index is 1090. The van der Waals surface area contributed by atoms with E-state index in [2.05, 4.69) is 10.6 Å². The first-order valence-electron chi connectivity index (χ1n) is 9.72. The third-order valence-corrected chi connectivity index (χ3v) is 6.81. The molecule has 7 nitrogen and oxygen atoms in total. The van der Waals surface area contributed by atoms with Crippen LogP contribution < -0.4 is 10.6 Å². The van der Waals surface area contributed by atoms with Gasteiger partial charge in [-0.1, -0.05) is 25.4 Å². The number of hydrogen-bond acceptors (Lipinski definition) is 4. The smallest absolute Gasteiger partial charge is 0.255 e. The number of hydrogen-bond donors (Lipinski definition) is 2. The van der Waals surface area contributed by atoms with Crippen molar-refractivity contribution >= 4 is 39.1 Å². The number of amides is 2. The van der Waals surface area contributed by atoms with Crippen molar-refractivity contribution < 1.29 is 22.4 Å². The van der Waals surface area contributed by atoms with E-state index in [0.29, 0.717) is 0 Å². The Morgan fingerprint density at radius 1 is 1.03 bits per heavy atom. The van der Waals surface area contributed by atoms with Gasteiger partial charge in [0, 0.05) is 30.3 Å². The second-order valence-electron chi connectivity index (χ2n) is 7.01. The van der Waals surface area contributed by atoms with Gasteiger partial charge in [0.1, 0.15) is 10.7 Å². The predicted octanol–water partition coefficient (Wildman–Crippen LogP) is 3.90. The Kier molecular flexibility index (Phi) is 8.16. The molecule has 2 aromatic rings. The molecule has 168 valence electrons. The van der Waals surface area contributed by atoms with E-state index in [9.17, 15) is 22.4 Å². The summed E-state index contributed by atoms with van der Waals surface area (Å²) in [4.78, 5) is 24.3. The van der Waals surface area contributed by atoms with Gasteiger partial charge in [-0.2, -0.15) is 4.31 Å². The highest BCUT2D eigenvalue weighted by molar-refractivity contribution is 7.89. The van der Waals surface area contributed by atoms with Crippen molar-refractivity contribution in [1.82, 2.24) is 9.62 Å². The second-order valence-corrected chi connectivity index (χ2v) is 9.32. The molecular formula is C21H25ClFN3O4S. The van der Waals surface area contributed by atoms with E-state index in [4.69, 9.17) is 11.6 Å². The van der Waals surface area contributed by atoms with Crippen LogP contribution in [0.2, 0.25) is 5.02 Å². The van der Waals surface area contributed by atoms with Crippen molar-refractivity contribution in [1.29, 1.82) is 0 Å². The van der Waals surface area contributed by atoms with Gasteiger partial charge in [0.05, 0.1) is 10.7 Å². The highest BCUT2D eigenvalue weighted by atomic mass is 35.5. The third kappa shape index (κ3) is 5.81. The first-order valence-corrected chi connectivity index (χ1v) is 11.5. The van der Waals surface area contributed by atoms with Crippen LogP contribution in [0.15, 0.2) is 41.3 Å². The lowest BCUT2D eigenvalue weighted by molar-refractivity contribution is 0.0941. The highest BCUT2D eigenvalue weighted by Crippen LogP contribution is 2.25. The van der Waals surface area contributed by atoms with Crippen molar-refractivity contribution in [3.05, 3.63) is 58.4 Å². The molecule has 2 aromatic carbocycles. The fourth-order valence-corrected chi connectivity index (χ4v) is 4.56. The van der Waals surface area contributed by atoms with E-state index < -0.39 is 26.6 Å². The summed E-state index contributed by atoms with van der Waals surface area (Å²) in [5, 5.41) is 5.47. The van der Waals surface area contributed by atoms with Gasteiger partial charge >= 0.3 is 0 Å². The molecule has 0 spiro atoms. The first-order chi connectivity index (χ1) is 14.5. The van der Waals surface area contributed by atoms with Crippen LogP contribution in [0.4, 0.5) is 10.1 Å². The zero-order chi connectivity index (χ0) is 23.3. The standard InChI is InChI=1S/C21H25ClFN3O4S/c1-5-26(6-2)31(29,30)19-12-15(8-10-17(19)23)21(28)25-18-11-14(7-9-16(18)22)20(27)24-13(3)4/h7-13H,5-6H2,1-4H3,(H,24,27)(H,25,28). The van der Waals surface area contributed by atoms with Gasteiger partial charge in [-0.25, -0.2) is 12.8 Å². The molecule has 0 aliphatic carbocycles. The number of nitrogens with one attached hydrogen (secondary N) is 2. The Balaban J connectivity index is 2.36. The van der Waals surface area contributed by atoms with Crippen LogP contribution in [0.3, 0.4) is 0 Å². The molecule has 31 heavy (non-hydrogen) atoms. The number of anilines is 1. The third-order valence-electron chi connectivity index (χ3n) is 4.41. The van der Waals surface area contributed by atoms with Crippen molar-refractivity contribution in [3.8, 4) is 0 Å². The summed E-state index contributed by atoms with van der Waals surface area (Å²) in [5.41, 5.74) is 0.387. The van der Waals surface area contributed by atoms with Gasteiger partial charge < -0.3 is 10.6 Å². The van der Waals surface area contributed by atoms with E-state index in [1.54, 1.807) is 13.8 Å². The van der Waals surface area contributed by atoms with Crippen molar-refractivity contribution in [2.24, 2.45) is 0 Å². The van der Waals surface area contributed by atoms with E-state index in [1.165, 1.54) is 24.3 Å². The Hall–Kier alpha value is -2.49. The first kappa shape index (κ1) is 24.8.